The van der Waals surface area contributed by atoms with Crippen LogP contribution in [0.25, 0.3) is 0 Å². The van der Waals surface area contributed by atoms with Crippen molar-refractivity contribution in [2.45, 2.75) is 44.7 Å². The number of hydrogen-bond donors (Lipinski definition) is 1. The maximum Gasteiger partial charge on any atom is 0.264 e. The van der Waals surface area contributed by atoms with E-state index in [4.69, 9.17) is 9.47 Å². The number of nitrogens with zero attached hydrogens (tertiary/aromatic N) is 2. The van der Waals surface area contributed by atoms with Gasteiger partial charge < -0.3 is 19.7 Å². The summed E-state index contributed by atoms with van der Waals surface area (Å²) < 4.78 is 39.3. The Morgan fingerprint density at radius 1 is 0.850 bits per heavy atom. The smallest absolute Gasteiger partial charge is 0.264 e. The highest BCUT2D eigenvalue weighted by molar-refractivity contribution is 7.92. The molecule has 2 amide bonds. The lowest BCUT2D eigenvalue weighted by Gasteiger charge is -2.33. The molecule has 0 fully saturated rings. The van der Waals surface area contributed by atoms with E-state index < -0.39 is 28.5 Å². The molecular formula is C30H37N3O6S. The number of methoxy groups -OCH3 is 2. The Morgan fingerprint density at radius 2 is 1.40 bits per heavy atom. The molecular weight excluding hydrogens is 530 g/mol. The van der Waals surface area contributed by atoms with Gasteiger partial charge in [-0.3, -0.25) is 13.9 Å². The van der Waals surface area contributed by atoms with Gasteiger partial charge in [0, 0.05) is 13.1 Å². The van der Waals surface area contributed by atoms with Crippen molar-refractivity contribution >= 4 is 27.5 Å². The first-order chi connectivity index (χ1) is 19.1. The molecule has 1 N–H and O–H groups in total. The summed E-state index contributed by atoms with van der Waals surface area (Å²) in [5, 5.41) is 2.80. The standard InChI is InChI=1S/C30H37N3O6S/c1-6-28(30(35)31-7-2)32(20-23-10-14-25(38-4)15-11-23)29(34)21-33(24-12-8-22(3)9-13-24)40(36,37)27-18-16-26(39-5)17-19-27/h8-19,28H,6-7,20-21H2,1-5H3,(H,31,35)/t28-/m0/s1. The minimum absolute atomic E-state index is 0.0131. The second-order valence-electron chi connectivity index (χ2n) is 9.21. The van der Waals surface area contributed by atoms with Crippen LogP contribution in [0, 0.1) is 6.92 Å². The molecule has 0 bridgehead atoms. The fourth-order valence-electron chi connectivity index (χ4n) is 4.25. The number of anilines is 1. The molecule has 10 heteroatoms. The van der Waals surface area contributed by atoms with Gasteiger partial charge in [-0.1, -0.05) is 36.8 Å². The maximum absolute atomic E-state index is 14.0. The normalized spacial score (nSPS) is 11.8. The van der Waals surface area contributed by atoms with E-state index in [0.29, 0.717) is 30.2 Å². The molecule has 0 aliphatic carbocycles. The molecule has 9 nitrogen and oxygen atoms in total. The van der Waals surface area contributed by atoms with E-state index in [9.17, 15) is 18.0 Å². The third-order valence-corrected chi connectivity index (χ3v) is 8.29. The summed E-state index contributed by atoms with van der Waals surface area (Å²) in [6.07, 6.45) is 0.351. The maximum atomic E-state index is 14.0. The summed E-state index contributed by atoms with van der Waals surface area (Å²) in [5.74, 6) is 0.363. The van der Waals surface area contributed by atoms with Crippen molar-refractivity contribution in [3.05, 3.63) is 83.9 Å². The van der Waals surface area contributed by atoms with Crippen molar-refractivity contribution in [3.8, 4) is 11.5 Å². The Balaban J connectivity index is 2.04. The van der Waals surface area contributed by atoms with Gasteiger partial charge in [-0.25, -0.2) is 8.42 Å². The van der Waals surface area contributed by atoms with Crippen LogP contribution in [0.1, 0.15) is 31.4 Å². The number of sulfonamides is 1. The van der Waals surface area contributed by atoms with Gasteiger partial charge in [0.15, 0.2) is 0 Å². The molecule has 0 heterocycles. The van der Waals surface area contributed by atoms with Crippen LogP contribution < -0.4 is 19.1 Å². The van der Waals surface area contributed by atoms with Crippen LogP contribution in [0.2, 0.25) is 0 Å². The van der Waals surface area contributed by atoms with Crippen LogP contribution in [0.5, 0.6) is 11.5 Å². The van der Waals surface area contributed by atoms with Gasteiger partial charge in [0.2, 0.25) is 11.8 Å². The lowest BCUT2D eigenvalue weighted by atomic mass is 10.1. The first-order valence-corrected chi connectivity index (χ1v) is 14.5. The van der Waals surface area contributed by atoms with Crippen molar-refractivity contribution in [2.24, 2.45) is 0 Å². The number of likely N-dealkylation sites (N-methyl/N-ethyl adjacent to an activating group) is 1. The van der Waals surface area contributed by atoms with Crippen molar-refractivity contribution in [1.82, 2.24) is 10.2 Å². The molecule has 0 spiro atoms. The van der Waals surface area contributed by atoms with E-state index in [-0.39, 0.29) is 17.3 Å². The average molecular weight is 568 g/mol. The average Bonchev–Trinajstić information content (AvgIpc) is 2.96. The molecule has 40 heavy (non-hydrogen) atoms. The van der Waals surface area contributed by atoms with E-state index in [0.717, 1.165) is 15.4 Å². The molecule has 0 radical (unpaired) electrons. The Morgan fingerprint density at radius 3 is 1.90 bits per heavy atom. The van der Waals surface area contributed by atoms with E-state index >= 15 is 0 Å². The summed E-state index contributed by atoms with van der Waals surface area (Å²) >= 11 is 0. The molecule has 3 aromatic carbocycles. The molecule has 1 atom stereocenters. The highest BCUT2D eigenvalue weighted by atomic mass is 32.2. The lowest BCUT2D eigenvalue weighted by molar-refractivity contribution is -0.140. The largest absolute Gasteiger partial charge is 0.497 e. The third kappa shape index (κ3) is 7.32. The van der Waals surface area contributed by atoms with Gasteiger partial charge in [-0.05, 0) is 74.4 Å². The molecule has 0 unspecified atom stereocenters. The molecule has 214 valence electrons. The fourth-order valence-corrected chi connectivity index (χ4v) is 5.67. The zero-order valence-corrected chi connectivity index (χ0v) is 24.4. The molecule has 0 aliphatic heterocycles. The second kappa shape index (κ2) is 13.8. The van der Waals surface area contributed by atoms with Gasteiger partial charge in [-0.15, -0.1) is 0 Å². The Hall–Kier alpha value is -4.05. The predicted octanol–water partition coefficient (Wildman–Crippen LogP) is 4.15. The number of nitrogens with one attached hydrogen (secondary N) is 1. The van der Waals surface area contributed by atoms with Crippen LogP contribution in [0.4, 0.5) is 5.69 Å². The van der Waals surface area contributed by atoms with Gasteiger partial charge in [0.1, 0.15) is 24.1 Å². The first kappa shape index (κ1) is 30.5. The highest BCUT2D eigenvalue weighted by Crippen LogP contribution is 2.26. The van der Waals surface area contributed by atoms with Gasteiger partial charge >= 0.3 is 0 Å². The molecule has 0 saturated heterocycles. The van der Waals surface area contributed by atoms with Crippen LogP contribution in [0.15, 0.2) is 77.7 Å². The summed E-state index contributed by atoms with van der Waals surface area (Å²) in [6, 6.07) is 19.3. The van der Waals surface area contributed by atoms with Gasteiger partial charge in [0.25, 0.3) is 10.0 Å². The second-order valence-corrected chi connectivity index (χ2v) is 11.1. The molecule has 0 aliphatic rings. The van der Waals surface area contributed by atoms with Crippen LogP contribution in [0.3, 0.4) is 0 Å². The summed E-state index contributed by atoms with van der Waals surface area (Å²) in [6.45, 7) is 5.54. The predicted molar refractivity (Wildman–Crippen MR) is 155 cm³/mol. The summed E-state index contributed by atoms with van der Waals surface area (Å²) in [5.41, 5.74) is 2.06. The fraction of sp³-hybridized carbons (Fsp3) is 0.333. The van der Waals surface area contributed by atoms with E-state index in [1.807, 2.05) is 26.0 Å². The van der Waals surface area contributed by atoms with Crippen molar-refractivity contribution in [1.29, 1.82) is 0 Å². The number of benzene rings is 3. The minimum atomic E-state index is -4.15. The van der Waals surface area contributed by atoms with Crippen LogP contribution >= 0.6 is 0 Å². The number of rotatable bonds is 13. The Labute approximate surface area is 236 Å². The monoisotopic (exact) mass is 567 g/mol. The van der Waals surface area contributed by atoms with E-state index in [2.05, 4.69) is 5.32 Å². The number of carbonyl (C=O) groups is 2. The summed E-state index contributed by atoms with van der Waals surface area (Å²) in [4.78, 5) is 28.5. The summed E-state index contributed by atoms with van der Waals surface area (Å²) in [7, 11) is -1.09. The van der Waals surface area contributed by atoms with Crippen LogP contribution in [-0.2, 0) is 26.2 Å². The third-order valence-electron chi connectivity index (χ3n) is 6.50. The number of amides is 2. The Kier molecular flexibility index (Phi) is 10.6. The minimum Gasteiger partial charge on any atom is -0.497 e. The molecule has 0 aromatic heterocycles. The SMILES string of the molecule is CCNC(=O)[C@H](CC)N(Cc1ccc(OC)cc1)C(=O)CN(c1ccc(C)cc1)S(=O)(=O)c1ccc(OC)cc1. The van der Waals surface area contributed by atoms with E-state index in [1.54, 1.807) is 62.6 Å². The van der Waals surface area contributed by atoms with Crippen molar-refractivity contribution in [2.75, 3.05) is 31.6 Å². The molecule has 3 aromatic rings. The number of aryl methyl sites for hydroxylation is 1. The first-order valence-electron chi connectivity index (χ1n) is 13.1. The number of hydrogen-bond acceptors (Lipinski definition) is 6. The number of ether oxygens (including phenoxy) is 2. The topological polar surface area (TPSA) is 105 Å². The molecule has 0 saturated carbocycles. The van der Waals surface area contributed by atoms with Crippen molar-refractivity contribution < 1.29 is 27.5 Å². The van der Waals surface area contributed by atoms with Gasteiger partial charge in [0.05, 0.1) is 24.8 Å². The lowest BCUT2D eigenvalue weighted by Crippen LogP contribution is -2.52. The zero-order valence-electron chi connectivity index (χ0n) is 23.6. The zero-order chi connectivity index (χ0) is 29.3. The quantitative estimate of drug-likeness (QED) is 0.333. The number of carbonyl (C=O) groups excluding carboxylic acids is 2. The Bertz CT molecular complexity index is 1370. The highest BCUT2D eigenvalue weighted by Gasteiger charge is 2.33. The van der Waals surface area contributed by atoms with Crippen LogP contribution in [-0.4, -0.2) is 58.5 Å². The van der Waals surface area contributed by atoms with Crippen molar-refractivity contribution in [3.63, 3.8) is 0 Å². The van der Waals surface area contributed by atoms with E-state index in [1.165, 1.54) is 24.1 Å². The van der Waals surface area contributed by atoms with Gasteiger partial charge in [-0.2, -0.15) is 0 Å². The molecule has 3 rings (SSSR count).